The van der Waals surface area contributed by atoms with Crippen molar-refractivity contribution in [1.82, 2.24) is 46.9 Å². The first kappa shape index (κ1) is 48.7. The third kappa shape index (κ3) is 14.9. The summed E-state index contributed by atoms with van der Waals surface area (Å²) in [7, 11) is 0. The number of carboxylic acids is 1. The van der Waals surface area contributed by atoms with Crippen molar-refractivity contribution in [2.24, 2.45) is 22.2 Å². The Morgan fingerprint density at radius 3 is 1.97 bits per heavy atom. The highest BCUT2D eigenvalue weighted by Gasteiger charge is 2.35. The molecule has 0 fully saturated rings. The van der Waals surface area contributed by atoms with Gasteiger partial charge in [0.1, 0.15) is 30.2 Å². The molecule has 0 spiro atoms. The summed E-state index contributed by atoms with van der Waals surface area (Å²) in [6.45, 7) is 2.64. The number of amides is 6. The Labute approximate surface area is 349 Å². The highest BCUT2D eigenvalue weighted by molar-refractivity contribution is 5.97. The number of fused-ring (bicyclic) bond motifs is 1. The Hall–Kier alpha value is -6.63. The van der Waals surface area contributed by atoms with E-state index in [4.69, 9.17) is 17.2 Å². The summed E-state index contributed by atoms with van der Waals surface area (Å²) in [5, 5.41) is 54.9. The van der Waals surface area contributed by atoms with Crippen LogP contribution in [0.4, 0.5) is 0 Å². The first-order chi connectivity index (χ1) is 28.8. The van der Waals surface area contributed by atoms with Gasteiger partial charge in [0.15, 0.2) is 12.0 Å². The number of nitrogens with two attached hydrogens (primary N) is 3. The zero-order chi connectivity index (χ0) is 45.4. The van der Waals surface area contributed by atoms with Crippen molar-refractivity contribution in [3.05, 3.63) is 54.2 Å². The predicted octanol–water partition coefficient (Wildman–Crippen LogP) is -5.18. The number of aromatic amines is 2. The fourth-order valence-electron chi connectivity index (χ4n) is 5.94. The van der Waals surface area contributed by atoms with Gasteiger partial charge in [-0.1, -0.05) is 18.2 Å². The monoisotopic (exact) mass is 857 g/mol. The Balaban J connectivity index is 1.71. The second kappa shape index (κ2) is 23.2. The number of aliphatic carboxylic acids is 1. The second-order valence-electron chi connectivity index (χ2n) is 14.3. The molecule has 0 radical (unpaired) electrons. The molecule has 24 nitrogen and oxygen atoms in total. The standard InChI is InChI=1S/C37H55N13O11/c1-17(45-31(55)23(38)11-20-13-43-24-8-5-4-7-22(20)24)30(54)48-27(15-51)34(58)49-28(18(2)52)35(59)46-25(9-6-10-42-37(39)40)32(56)47-26(12-21-14-41-16-44-21)33(57)50-29(19(3)53)36(60)61/h4-5,7-8,13-14,16-19,23,25-29,43,51-53H,6,9-12,15,38H2,1-3H3,(H,41,44)(H,45,55)(H,46,59)(H,47,56)(H,48,54)(H,49,58)(H,50,57)(H,60,61)(H4,39,40,42). The molecule has 2 heterocycles. The van der Waals surface area contributed by atoms with Crippen LogP contribution in [0.3, 0.4) is 0 Å². The molecule has 1 aromatic carbocycles. The van der Waals surface area contributed by atoms with E-state index in [1.807, 2.05) is 24.3 Å². The van der Waals surface area contributed by atoms with E-state index < -0.39 is 103 Å². The van der Waals surface area contributed by atoms with Crippen LogP contribution in [0.15, 0.2) is 48.0 Å². The molecule has 0 aliphatic carbocycles. The number of imidazole rings is 1. The number of aliphatic hydroxyl groups excluding tert-OH is 3. The van der Waals surface area contributed by atoms with E-state index in [1.54, 1.807) is 6.20 Å². The molecular weight excluding hydrogens is 802 g/mol. The number of nitrogens with zero attached hydrogens (tertiary/aromatic N) is 2. The third-order valence-electron chi connectivity index (χ3n) is 9.32. The highest BCUT2D eigenvalue weighted by atomic mass is 16.4. The normalized spacial score (nSPS) is 15.6. The molecule has 9 unspecified atom stereocenters. The van der Waals surface area contributed by atoms with Crippen molar-refractivity contribution in [3.8, 4) is 0 Å². The largest absolute Gasteiger partial charge is 0.480 e. The number of H-pyrrole nitrogens is 2. The highest BCUT2D eigenvalue weighted by Crippen LogP contribution is 2.19. The maximum atomic E-state index is 13.8. The lowest BCUT2D eigenvalue weighted by molar-refractivity contribution is -0.145. The summed E-state index contributed by atoms with van der Waals surface area (Å²) in [6, 6.07) is -3.03. The number of nitrogens with one attached hydrogen (secondary N) is 8. The number of aliphatic hydroxyl groups is 3. The van der Waals surface area contributed by atoms with E-state index in [2.05, 4.69) is 51.8 Å². The quantitative estimate of drug-likeness (QED) is 0.0228. The molecule has 334 valence electrons. The molecule has 24 heteroatoms. The molecule has 61 heavy (non-hydrogen) atoms. The number of hydrogen-bond donors (Lipinski definition) is 15. The van der Waals surface area contributed by atoms with Crippen LogP contribution >= 0.6 is 0 Å². The Kier molecular flexibility index (Phi) is 18.6. The van der Waals surface area contributed by atoms with E-state index in [-0.39, 0.29) is 38.2 Å². The first-order valence-corrected chi connectivity index (χ1v) is 19.2. The molecule has 9 atom stereocenters. The van der Waals surface area contributed by atoms with E-state index >= 15 is 0 Å². The van der Waals surface area contributed by atoms with Crippen molar-refractivity contribution in [3.63, 3.8) is 0 Å². The summed E-state index contributed by atoms with van der Waals surface area (Å²) in [6.07, 6.45) is 1.07. The minimum atomic E-state index is -1.78. The van der Waals surface area contributed by atoms with E-state index in [0.29, 0.717) is 5.69 Å². The van der Waals surface area contributed by atoms with Gasteiger partial charge in [0.05, 0.1) is 31.2 Å². The summed E-state index contributed by atoms with van der Waals surface area (Å²) in [5.74, 6) is -7.56. The molecule has 0 saturated carbocycles. The average Bonchev–Trinajstić information content (AvgIpc) is 3.88. The fourth-order valence-corrected chi connectivity index (χ4v) is 5.94. The van der Waals surface area contributed by atoms with Gasteiger partial charge < -0.3 is 79.5 Å². The molecule has 3 rings (SSSR count). The van der Waals surface area contributed by atoms with Crippen molar-refractivity contribution in [2.45, 2.75) is 101 Å². The third-order valence-corrected chi connectivity index (χ3v) is 9.32. The van der Waals surface area contributed by atoms with Crippen LogP contribution in [0, 0.1) is 0 Å². The lowest BCUT2D eigenvalue weighted by Gasteiger charge is -2.28. The average molecular weight is 858 g/mol. The molecule has 0 aliphatic rings. The molecule has 6 amide bonds. The van der Waals surface area contributed by atoms with Gasteiger partial charge in [-0.3, -0.25) is 33.8 Å². The molecular formula is C37H55N13O11. The topological polar surface area (TPSA) is 407 Å². The lowest BCUT2D eigenvalue weighted by atomic mass is 10.0. The van der Waals surface area contributed by atoms with Gasteiger partial charge >= 0.3 is 5.97 Å². The zero-order valence-corrected chi connectivity index (χ0v) is 33.8. The summed E-state index contributed by atoms with van der Waals surface area (Å²) in [4.78, 5) is 105. The Morgan fingerprint density at radius 2 is 1.36 bits per heavy atom. The number of carboxylic acid groups (broad SMARTS) is 1. The van der Waals surface area contributed by atoms with Crippen molar-refractivity contribution >= 4 is 58.3 Å². The summed E-state index contributed by atoms with van der Waals surface area (Å²) >= 11 is 0. The SMILES string of the molecule is CC(NC(=O)C(N)Cc1c[nH]c2ccccc12)C(=O)NC(CO)C(=O)NC(C(=O)NC(CCCN=C(N)N)C(=O)NC(Cc1cnc[nH]1)C(=O)NC(C(=O)O)C(C)O)C(C)O. The number of para-hydroxylation sites is 1. The number of carbonyl (C=O) groups is 7. The van der Waals surface area contributed by atoms with Crippen LogP contribution < -0.4 is 49.1 Å². The van der Waals surface area contributed by atoms with Gasteiger partial charge in [0.25, 0.3) is 0 Å². The maximum Gasteiger partial charge on any atom is 0.328 e. The number of guanidine groups is 1. The second-order valence-corrected chi connectivity index (χ2v) is 14.3. The minimum absolute atomic E-state index is 0.00191. The van der Waals surface area contributed by atoms with Crippen LogP contribution in [0.2, 0.25) is 0 Å². The molecule has 18 N–H and O–H groups in total. The van der Waals surface area contributed by atoms with E-state index in [0.717, 1.165) is 30.3 Å². The summed E-state index contributed by atoms with van der Waals surface area (Å²) in [5.41, 5.74) is 18.9. The summed E-state index contributed by atoms with van der Waals surface area (Å²) < 4.78 is 0. The minimum Gasteiger partial charge on any atom is -0.480 e. The number of aliphatic imine (C=N–C) groups is 1. The molecule has 2 aromatic heterocycles. The number of rotatable bonds is 24. The maximum absolute atomic E-state index is 13.8. The molecule has 0 saturated heterocycles. The van der Waals surface area contributed by atoms with E-state index in [9.17, 15) is 54.0 Å². The predicted molar refractivity (Wildman–Crippen MR) is 218 cm³/mol. The Morgan fingerprint density at radius 1 is 0.754 bits per heavy atom. The van der Waals surface area contributed by atoms with Crippen LogP contribution in [0.5, 0.6) is 0 Å². The smallest absolute Gasteiger partial charge is 0.328 e. The van der Waals surface area contributed by atoms with Crippen molar-refractivity contribution in [1.29, 1.82) is 0 Å². The van der Waals surface area contributed by atoms with Crippen LogP contribution in [0.1, 0.15) is 44.9 Å². The number of aromatic nitrogens is 3. The number of benzene rings is 1. The molecule has 0 aliphatic heterocycles. The van der Waals surface area contributed by atoms with Gasteiger partial charge in [-0.15, -0.1) is 0 Å². The van der Waals surface area contributed by atoms with Gasteiger partial charge in [-0.05, 0) is 51.7 Å². The van der Waals surface area contributed by atoms with Crippen LogP contribution in [0.25, 0.3) is 10.9 Å². The van der Waals surface area contributed by atoms with Gasteiger partial charge in [-0.25, -0.2) is 9.78 Å². The van der Waals surface area contributed by atoms with E-state index in [1.165, 1.54) is 19.4 Å². The van der Waals surface area contributed by atoms with Crippen LogP contribution in [-0.4, -0.2) is 150 Å². The number of hydrogen-bond acceptors (Lipinski definition) is 13. The lowest BCUT2D eigenvalue weighted by Crippen LogP contribution is -2.62. The Bertz CT molecular complexity index is 2000. The molecule has 3 aromatic rings. The van der Waals surface area contributed by atoms with Gasteiger partial charge in [-0.2, -0.15) is 0 Å². The van der Waals surface area contributed by atoms with Gasteiger partial charge in [0, 0.05) is 42.0 Å². The van der Waals surface area contributed by atoms with Crippen molar-refractivity contribution < 1.29 is 54.0 Å². The number of carbonyl (C=O) groups excluding carboxylic acids is 6. The van der Waals surface area contributed by atoms with Gasteiger partial charge in [0.2, 0.25) is 35.4 Å². The van der Waals surface area contributed by atoms with Crippen molar-refractivity contribution in [2.75, 3.05) is 13.2 Å². The first-order valence-electron chi connectivity index (χ1n) is 19.2. The van der Waals surface area contributed by atoms with Crippen LogP contribution in [-0.2, 0) is 46.4 Å². The zero-order valence-electron chi connectivity index (χ0n) is 33.8. The fraction of sp³-hybridized carbons (Fsp3) is 0.486. The molecule has 0 bridgehead atoms.